The van der Waals surface area contributed by atoms with Crippen LogP contribution in [0.1, 0.15) is 62.0 Å². The highest BCUT2D eigenvalue weighted by Gasteiger charge is 2.42. The van der Waals surface area contributed by atoms with Gasteiger partial charge in [-0.3, -0.25) is 4.79 Å². The molecule has 5 N–H and O–H groups in total. The Kier molecular flexibility index (Phi) is 9.89. The molecule has 0 bridgehead atoms. The van der Waals surface area contributed by atoms with E-state index in [1.165, 1.54) is 0 Å². The molecule has 0 spiro atoms. The van der Waals surface area contributed by atoms with Gasteiger partial charge in [0.05, 0.1) is 12.1 Å². The summed E-state index contributed by atoms with van der Waals surface area (Å²) in [6.07, 6.45) is 3.74. The molecule has 4 amide bonds. The largest absolute Gasteiger partial charge is 0.480 e. The fourth-order valence-electron chi connectivity index (χ4n) is 6.10. The summed E-state index contributed by atoms with van der Waals surface area (Å²) < 4.78 is 5.49. The SMILES string of the molecule is O=C(CCCCC1SCC2NC(=O)NC21)NCCCC[C@@H](NC(=O)OCC1c2ccccc2-c2ccccc21)C(=O)O. The lowest BCUT2D eigenvalue weighted by atomic mass is 9.98. The number of thioether (sulfide) groups is 1. The van der Waals surface area contributed by atoms with Crippen LogP contribution in [0.5, 0.6) is 0 Å². The Morgan fingerprint density at radius 1 is 0.976 bits per heavy atom. The van der Waals surface area contributed by atoms with E-state index in [4.69, 9.17) is 4.74 Å². The zero-order chi connectivity index (χ0) is 29.5. The minimum atomic E-state index is -1.12. The molecule has 2 fully saturated rings. The molecular weight excluding hydrogens is 556 g/mol. The third-order valence-electron chi connectivity index (χ3n) is 8.26. The average molecular weight is 595 g/mol. The second-order valence-electron chi connectivity index (χ2n) is 11.1. The monoisotopic (exact) mass is 594 g/mol. The Bertz CT molecular complexity index is 1260. The molecule has 42 heavy (non-hydrogen) atoms. The number of aliphatic carboxylic acids is 1. The van der Waals surface area contributed by atoms with Crippen LogP contribution in [0, 0.1) is 0 Å². The maximum absolute atomic E-state index is 12.5. The molecule has 3 unspecified atom stereocenters. The van der Waals surface area contributed by atoms with Crippen LogP contribution in [0.25, 0.3) is 11.1 Å². The second kappa shape index (κ2) is 14.0. The second-order valence-corrected chi connectivity index (χ2v) is 12.3. The van der Waals surface area contributed by atoms with Crippen molar-refractivity contribution in [1.29, 1.82) is 0 Å². The van der Waals surface area contributed by atoms with Gasteiger partial charge in [-0.2, -0.15) is 11.8 Å². The van der Waals surface area contributed by atoms with Crippen molar-refractivity contribution in [3.05, 3.63) is 59.7 Å². The number of benzene rings is 2. The Balaban J connectivity index is 0.954. The average Bonchev–Trinajstić information content (AvgIpc) is 3.64. The van der Waals surface area contributed by atoms with E-state index in [9.17, 15) is 24.3 Å². The first-order valence-corrected chi connectivity index (χ1v) is 15.7. The molecule has 10 nitrogen and oxygen atoms in total. The number of amides is 4. The summed E-state index contributed by atoms with van der Waals surface area (Å²) in [5.41, 5.74) is 4.42. The highest BCUT2D eigenvalue weighted by molar-refractivity contribution is 8.00. The number of ether oxygens (including phenoxy) is 1. The van der Waals surface area contributed by atoms with Gasteiger partial charge >= 0.3 is 18.1 Å². The fraction of sp³-hybridized carbons (Fsp3) is 0.484. The topological polar surface area (TPSA) is 146 Å². The van der Waals surface area contributed by atoms with Gasteiger partial charge in [0.1, 0.15) is 12.6 Å². The number of carbonyl (C=O) groups is 4. The van der Waals surface area contributed by atoms with Crippen LogP contribution in [0.3, 0.4) is 0 Å². The van der Waals surface area contributed by atoms with Crippen LogP contribution >= 0.6 is 11.8 Å². The van der Waals surface area contributed by atoms with E-state index in [1.54, 1.807) is 0 Å². The Morgan fingerprint density at radius 3 is 2.40 bits per heavy atom. The number of carboxylic acid groups (broad SMARTS) is 1. The zero-order valence-electron chi connectivity index (χ0n) is 23.5. The molecular formula is C31H38N4O6S. The minimum Gasteiger partial charge on any atom is -0.480 e. The lowest BCUT2D eigenvalue weighted by Gasteiger charge is -2.17. The molecule has 2 saturated heterocycles. The normalized spacial score (nSPS) is 21.0. The summed E-state index contributed by atoms with van der Waals surface area (Å²) in [4.78, 5) is 48.0. The van der Waals surface area contributed by atoms with Gasteiger partial charge < -0.3 is 31.1 Å². The van der Waals surface area contributed by atoms with Gasteiger partial charge in [-0.05, 0) is 54.4 Å². The number of rotatable bonds is 14. The summed E-state index contributed by atoms with van der Waals surface area (Å²) in [5, 5.41) is 21.3. The summed E-state index contributed by atoms with van der Waals surface area (Å²) in [7, 11) is 0. The molecule has 4 atom stereocenters. The summed E-state index contributed by atoms with van der Waals surface area (Å²) in [6.45, 7) is 0.572. The number of nitrogens with one attached hydrogen (secondary N) is 4. The highest BCUT2D eigenvalue weighted by atomic mass is 32.2. The molecule has 3 aliphatic rings. The van der Waals surface area contributed by atoms with E-state index in [-0.39, 0.29) is 43.0 Å². The first-order valence-electron chi connectivity index (χ1n) is 14.7. The van der Waals surface area contributed by atoms with Gasteiger partial charge in [-0.25, -0.2) is 14.4 Å². The summed E-state index contributed by atoms with van der Waals surface area (Å²) in [6, 6.07) is 15.3. The van der Waals surface area contributed by atoms with E-state index >= 15 is 0 Å². The van der Waals surface area contributed by atoms with Crippen LogP contribution in [0.4, 0.5) is 9.59 Å². The smallest absolute Gasteiger partial charge is 0.407 e. The van der Waals surface area contributed by atoms with Crippen molar-refractivity contribution in [2.75, 3.05) is 18.9 Å². The number of carbonyl (C=O) groups excluding carboxylic acids is 3. The molecule has 2 heterocycles. The Labute approximate surface area is 249 Å². The van der Waals surface area contributed by atoms with E-state index in [0.717, 1.165) is 47.3 Å². The number of alkyl carbamates (subject to hydrolysis) is 1. The van der Waals surface area contributed by atoms with E-state index in [1.807, 2.05) is 48.2 Å². The van der Waals surface area contributed by atoms with Crippen molar-refractivity contribution >= 4 is 35.8 Å². The minimum absolute atomic E-state index is 0.0191. The van der Waals surface area contributed by atoms with Crippen LogP contribution in [-0.4, -0.2) is 71.4 Å². The lowest BCUT2D eigenvalue weighted by molar-refractivity contribution is -0.139. The van der Waals surface area contributed by atoms with Crippen LogP contribution in [0.2, 0.25) is 0 Å². The quantitative estimate of drug-likeness (QED) is 0.164. The first kappa shape index (κ1) is 29.8. The maximum atomic E-state index is 12.5. The molecule has 224 valence electrons. The number of carboxylic acids is 1. The van der Waals surface area contributed by atoms with Crippen molar-refractivity contribution in [3.63, 3.8) is 0 Å². The van der Waals surface area contributed by atoms with Crippen LogP contribution in [0.15, 0.2) is 48.5 Å². The first-order chi connectivity index (χ1) is 20.4. The third kappa shape index (κ3) is 7.18. The molecule has 2 aromatic carbocycles. The summed E-state index contributed by atoms with van der Waals surface area (Å²) >= 11 is 1.87. The van der Waals surface area contributed by atoms with Gasteiger partial charge in [-0.15, -0.1) is 0 Å². The van der Waals surface area contributed by atoms with Crippen molar-refractivity contribution in [2.24, 2.45) is 0 Å². The van der Waals surface area contributed by atoms with Gasteiger partial charge in [0.2, 0.25) is 5.91 Å². The van der Waals surface area contributed by atoms with Gasteiger partial charge in [-0.1, -0.05) is 55.0 Å². The highest BCUT2D eigenvalue weighted by Crippen LogP contribution is 2.44. The predicted molar refractivity (Wildman–Crippen MR) is 160 cm³/mol. The molecule has 11 heteroatoms. The lowest BCUT2D eigenvalue weighted by Crippen LogP contribution is -2.41. The number of hydrogen-bond acceptors (Lipinski definition) is 6. The number of hydrogen-bond donors (Lipinski definition) is 5. The third-order valence-corrected chi connectivity index (χ3v) is 9.76. The molecule has 0 aromatic heterocycles. The standard InChI is InChI=1S/C31H38N4O6S/c36-27(15-6-5-14-26-28-25(18-42-26)33-30(39)35-28)32-16-8-7-13-24(29(37)38)34-31(40)41-17-23-21-11-3-1-9-19(21)20-10-2-4-12-22(20)23/h1-4,9-12,23-26,28H,5-8,13-18H2,(H,32,36)(H,34,40)(H,37,38)(H2,33,35,39)/t24-,25?,26?,28?/m1/s1. The van der Waals surface area contributed by atoms with Gasteiger partial charge in [0, 0.05) is 29.9 Å². The van der Waals surface area contributed by atoms with Crippen LogP contribution in [-0.2, 0) is 14.3 Å². The van der Waals surface area contributed by atoms with Crippen LogP contribution < -0.4 is 21.3 Å². The van der Waals surface area contributed by atoms with E-state index in [0.29, 0.717) is 31.1 Å². The van der Waals surface area contributed by atoms with Crippen molar-refractivity contribution in [2.45, 2.75) is 74.2 Å². The maximum Gasteiger partial charge on any atom is 0.407 e. The fourth-order valence-corrected chi connectivity index (χ4v) is 7.65. The Morgan fingerprint density at radius 2 is 1.69 bits per heavy atom. The molecule has 0 saturated carbocycles. The molecule has 2 aliphatic heterocycles. The molecule has 2 aromatic rings. The zero-order valence-corrected chi connectivity index (χ0v) is 24.3. The number of urea groups is 1. The number of fused-ring (bicyclic) bond motifs is 4. The van der Waals surface area contributed by atoms with Gasteiger partial charge in [0.15, 0.2) is 0 Å². The molecule has 0 radical (unpaired) electrons. The van der Waals surface area contributed by atoms with Crippen molar-refractivity contribution in [1.82, 2.24) is 21.3 Å². The van der Waals surface area contributed by atoms with Gasteiger partial charge in [0.25, 0.3) is 0 Å². The van der Waals surface area contributed by atoms with Crippen molar-refractivity contribution < 1.29 is 29.0 Å². The van der Waals surface area contributed by atoms with E-state index in [2.05, 4.69) is 33.4 Å². The van der Waals surface area contributed by atoms with Crippen molar-refractivity contribution in [3.8, 4) is 11.1 Å². The van der Waals surface area contributed by atoms with E-state index < -0.39 is 18.1 Å². The summed E-state index contributed by atoms with van der Waals surface area (Å²) in [5.74, 6) is -0.309. The Hall–Kier alpha value is -3.73. The predicted octanol–water partition coefficient (Wildman–Crippen LogP) is 3.99. The molecule has 5 rings (SSSR count). The molecule has 1 aliphatic carbocycles. The number of unbranched alkanes of at least 4 members (excludes halogenated alkanes) is 2.